The zero-order chi connectivity index (χ0) is 25.7. The fourth-order valence-electron chi connectivity index (χ4n) is 4.06. The van der Waals surface area contributed by atoms with Crippen LogP contribution in [0.1, 0.15) is 11.1 Å². The third kappa shape index (κ3) is 5.85. The van der Waals surface area contributed by atoms with Crippen LogP contribution < -0.4 is 9.47 Å². The predicted octanol–water partition coefficient (Wildman–Crippen LogP) is 6.36. The molecule has 0 bridgehead atoms. The molecule has 0 amide bonds. The summed E-state index contributed by atoms with van der Waals surface area (Å²) in [4.78, 5) is 9.57. The summed E-state index contributed by atoms with van der Waals surface area (Å²) in [6, 6.07) is 18.4. The normalized spacial score (nSPS) is 10.3. The number of methoxy groups -OCH3 is 2. The zero-order valence-electron chi connectivity index (χ0n) is 20.7. The molecule has 0 aliphatic rings. The third-order valence-electron chi connectivity index (χ3n) is 5.78. The molecule has 0 aliphatic heterocycles. The molecule has 189 valence electrons. The van der Waals surface area contributed by atoms with E-state index in [0.717, 1.165) is 11.1 Å². The van der Waals surface area contributed by atoms with Crippen molar-refractivity contribution in [2.24, 2.45) is 0 Å². The molecule has 2 N–H and O–H groups in total. The predicted molar refractivity (Wildman–Crippen MR) is 143 cm³/mol. The quantitative estimate of drug-likeness (QED) is 0.192. The fourth-order valence-corrected chi connectivity index (χ4v) is 4.06. The molecule has 0 atom stereocenters. The van der Waals surface area contributed by atoms with Crippen LogP contribution in [0, 0.1) is 0 Å². The summed E-state index contributed by atoms with van der Waals surface area (Å²) in [7, 11) is 3.04. The molecule has 6 nitrogen and oxygen atoms in total. The number of phenols is 2. The van der Waals surface area contributed by atoms with Crippen molar-refractivity contribution in [3.63, 3.8) is 0 Å². The SMILES string of the molecule is C=CCc1cc(OC)c(O)c(-c2cccc(-c3cccc(-c4cc(CC=C)cc(OC)c4O)n3)n2)c1.[Mn]. The van der Waals surface area contributed by atoms with Gasteiger partial charge in [-0.25, -0.2) is 9.97 Å². The molecule has 0 fully saturated rings. The van der Waals surface area contributed by atoms with E-state index in [4.69, 9.17) is 19.4 Å². The minimum Gasteiger partial charge on any atom is -0.504 e. The molecule has 1 radical (unpaired) electrons. The number of rotatable bonds is 9. The first kappa shape index (κ1) is 27.5. The Labute approximate surface area is 227 Å². The second-order valence-electron chi connectivity index (χ2n) is 8.19. The summed E-state index contributed by atoms with van der Waals surface area (Å²) in [6.07, 6.45) is 4.85. The Kier molecular flexibility index (Phi) is 9.12. The number of pyridine rings is 2. The largest absolute Gasteiger partial charge is 0.504 e. The second kappa shape index (κ2) is 12.3. The van der Waals surface area contributed by atoms with Crippen LogP contribution in [0.15, 0.2) is 86.0 Å². The van der Waals surface area contributed by atoms with E-state index in [2.05, 4.69) is 13.2 Å². The minimum absolute atomic E-state index is 0. The number of allylic oxidation sites excluding steroid dienone is 2. The van der Waals surface area contributed by atoms with Crippen LogP contribution >= 0.6 is 0 Å². The number of hydrogen-bond acceptors (Lipinski definition) is 6. The van der Waals surface area contributed by atoms with Crippen LogP contribution in [0.2, 0.25) is 0 Å². The average Bonchev–Trinajstić information content (AvgIpc) is 2.91. The van der Waals surface area contributed by atoms with E-state index in [-0.39, 0.29) is 28.6 Å². The molecule has 37 heavy (non-hydrogen) atoms. The molecule has 4 aromatic rings. The van der Waals surface area contributed by atoms with Crippen molar-refractivity contribution >= 4 is 0 Å². The van der Waals surface area contributed by atoms with Gasteiger partial charge in [0.1, 0.15) is 0 Å². The molecule has 0 saturated carbocycles. The molecule has 7 heteroatoms. The summed E-state index contributed by atoms with van der Waals surface area (Å²) in [5.74, 6) is 0.793. The van der Waals surface area contributed by atoms with E-state index in [1.54, 1.807) is 24.3 Å². The third-order valence-corrected chi connectivity index (χ3v) is 5.78. The van der Waals surface area contributed by atoms with Crippen LogP contribution in [-0.4, -0.2) is 34.4 Å². The summed E-state index contributed by atoms with van der Waals surface area (Å²) in [5.41, 5.74) is 5.42. The molecule has 0 aliphatic carbocycles. The van der Waals surface area contributed by atoms with Gasteiger partial charge in [0.05, 0.1) is 37.0 Å². The number of aromatic nitrogens is 2. The standard InChI is InChI=1S/C30H28N2O4.Mn/c1-5-9-19-15-21(29(33)27(17-19)35-3)23-11-7-13-25(31-23)26-14-8-12-24(32-26)22-16-20(10-6-2)18-28(36-4)30(22)34;/h5-8,11-18,33-34H,1-2,9-10H2,3-4H3;. The Morgan fingerprint density at radius 3 is 1.41 bits per heavy atom. The van der Waals surface area contributed by atoms with Gasteiger partial charge in [-0.05, 0) is 72.5 Å². The molecule has 2 heterocycles. The van der Waals surface area contributed by atoms with E-state index in [0.29, 0.717) is 58.2 Å². The van der Waals surface area contributed by atoms with Gasteiger partial charge in [0.2, 0.25) is 0 Å². The van der Waals surface area contributed by atoms with Gasteiger partial charge < -0.3 is 19.7 Å². The molecule has 4 rings (SSSR count). The van der Waals surface area contributed by atoms with Crippen molar-refractivity contribution in [1.82, 2.24) is 9.97 Å². The van der Waals surface area contributed by atoms with E-state index in [9.17, 15) is 10.2 Å². The van der Waals surface area contributed by atoms with E-state index < -0.39 is 0 Å². The van der Waals surface area contributed by atoms with Gasteiger partial charge in [0.25, 0.3) is 0 Å². The maximum absolute atomic E-state index is 10.8. The van der Waals surface area contributed by atoms with Crippen LogP contribution in [0.4, 0.5) is 0 Å². The van der Waals surface area contributed by atoms with Gasteiger partial charge in [-0.2, -0.15) is 0 Å². The van der Waals surface area contributed by atoms with Crippen LogP contribution in [0.5, 0.6) is 23.0 Å². The Morgan fingerprint density at radius 1 is 0.676 bits per heavy atom. The number of aromatic hydroxyl groups is 2. The maximum Gasteiger partial charge on any atom is 0.167 e. The number of hydrogen-bond donors (Lipinski definition) is 2. The van der Waals surface area contributed by atoms with Gasteiger partial charge >= 0.3 is 0 Å². The van der Waals surface area contributed by atoms with Gasteiger partial charge in [-0.15, -0.1) is 13.2 Å². The minimum atomic E-state index is 0. The zero-order valence-corrected chi connectivity index (χ0v) is 21.9. The Bertz CT molecular complexity index is 1330. The monoisotopic (exact) mass is 535 g/mol. The summed E-state index contributed by atoms with van der Waals surface area (Å²) < 4.78 is 10.7. The van der Waals surface area contributed by atoms with E-state index in [1.807, 2.05) is 48.5 Å². The number of benzene rings is 2. The van der Waals surface area contributed by atoms with Crippen molar-refractivity contribution in [1.29, 1.82) is 0 Å². The Morgan fingerprint density at radius 2 is 1.05 bits per heavy atom. The van der Waals surface area contributed by atoms with Gasteiger partial charge in [0.15, 0.2) is 23.0 Å². The van der Waals surface area contributed by atoms with Crippen molar-refractivity contribution in [2.75, 3.05) is 14.2 Å². The summed E-state index contributed by atoms with van der Waals surface area (Å²) in [5, 5.41) is 21.6. The molecular formula is C30H28MnN2O4. The molecule has 2 aromatic heterocycles. The van der Waals surface area contributed by atoms with Gasteiger partial charge in [-0.1, -0.05) is 24.3 Å². The number of phenolic OH excluding ortho intramolecular Hbond substituents is 2. The summed E-state index contributed by atoms with van der Waals surface area (Å²) >= 11 is 0. The molecule has 2 aromatic carbocycles. The first-order valence-electron chi connectivity index (χ1n) is 11.5. The molecular weight excluding hydrogens is 507 g/mol. The number of nitrogens with zero attached hydrogens (tertiary/aromatic N) is 2. The van der Waals surface area contributed by atoms with Crippen molar-refractivity contribution in [3.05, 3.63) is 97.1 Å². The topological polar surface area (TPSA) is 84.7 Å². The smallest absolute Gasteiger partial charge is 0.167 e. The Balaban J connectivity index is 0.00000380. The van der Waals surface area contributed by atoms with Gasteiger partial charge in [0, 0.05) is 28.2 Å². The van der Waals surface area contributed by atoms with E-state index in [1.165, 1.54) is 14.2 Å². The van der Waals surface area contributed by atoms with Crippen molar-refractivity contribution in [3.8, 4) is 56.9 Å². The van der Waals surface area contributed by atoms with Crippen molar-refractivity contribution in [2.45, 2.75) is 12.8 Å². The molecule has 0 spiro atoms. The first-order valence-corrected chi connectivity index (χ1v) is 11.5. The van der Waals surface area contributed by atoms with E-state index >= 15 is 0 Å². The average molecular weight is 536 g/mol. The number of ether oxygens (including phenoxy) is 2. The first-order chi connectivity index (χ1) is 17.5. The maximum atomic E-state index is 10.8. The van der Waals surface area contributed by atoms with Gasteiger partial charge in [-0.3, -0.25) is 0 Å². The van der Waals surface area contributed by atoms with Crippen LogP contribution in [-0.2, 0) is 29.9 Å². The van der Waals surface area contributed by atoms with Crippen LogP contribution in [0.3, 0.4) is 0 Å². The molecule has 0 saturated heterocycles. The van der Waals surface area contributed by atoms with Crippen molar-refractivity contribution < 1.29 is 36.8 Å². The molecule has 0 unspecified atom stereocenters. The van der Waals surface area contributed by atoms with Crippen LogP contribution in [0.25, 0.3) is 33.9 Å². The summed E-state index contributed by atoms with van der Waals surface area (Å²) in [6.45, 7) is 7.60. The fraction of sp³-hybridized carbons (Fsp3) is 0.133. The second-order valence-corrected chi connectivity index (χ2v) is 8.19. The Hall–Kier alpha value is -4.06.